The van der Waals surface area contributed by atoms with Gasteiger partial charge in [0.2, 0.25) is 5.88 Å². The smallest absolute Gasteiger partial charge is 0.231 e. The molecule has 2 aromatic carbocycles. The molecule has 0 unspecified atom stereocenters. The van der Waals surface area contributed by atoms with E-state index in [0.29, 0.717) is 22.3 Å². The van der Waals surface area contributed by atoms with Crippen LogP contribution in [-0.4, -0.2) is 27.1 Å². The molecule has 3 rings (SSSR count). The van der Waals surface area contributed by atoms with Crippen molar-refractivity contribution in [2.45, 2.75) is 26.8 Å². The second kappa shape index (κ2) is 9.29. The van der Waals surface area contributed by atoms with Gasteiger partial charge in [0.05, 0.1) is 23.2 Å². The van der Waals surface area contributed by atoms with Gasteiger partial charge < -0.3 is 10.1 Å². The molecule has 0 aliphatic rings. The first-order valence-electron chi connectivity index (χ1n) is 9.12. The Balaban J connectivity index is 1.95. The zero-order valence-corrected chi connectivity index (χ0v) is 17.2. The zero-order valence-electron chi connectivity index (χ0n) is 16.4. The summed E-state index contributed by atoms with van der Waals surface area (Å²) in [7, 11) is 0. The van der Waals surface area contributed by atoms with Crippen molar-refractivity contribution in [3.8, 4) is 17.3 Å². The number of benzene rings is 2. The van der Waals surface area contributed by atoms with Crippen LogP contribution in [-0.2, 0) is 0 Å². The molecule has 0 radical (unpaired) electrons. The number of hydrogen-bond donors (Lipinski definition) is 2. The van der Waals surface area contributed by atoms with Gasteiger partial charge in [0, 0.05) is 6.04 Å². The van der Waals surface area contributed by atoms with Crippen molar-refractivity contribution >= 4 is 23.5 Å². The molecule has 1 aromatic heterocycles. The van der Waals surface area contributed by atoms with Gasteiger partial charge in [-0.3, -0.25) is 5.43 Å². The lowest BCUT2D eigenvalue weighted by Crippen LogP contribution is -2.36. The minimum absolute atomic E-state index is 0.199. The van der Waals surface area contributed by atoms with Gasteiger partial charge in [-0.05, 0) is 69.4 Å². The summed E-state index contributed by atoms with van der Waals surface area (Å²) in [4.78, 5) is 0. The maximum atomic E-state index is 13.3. The van der Waals surface area contributed by atoms with Gasteiger partial charge in [0.25, 0.3) is 0 Å². The number of nitrogens with one attached hydrogen (secondary N) is 2. The molecule has 0 aliphatic carbocycles. The number of hydrogen-bond acceptors (Lipinski definition) is 4. The fourth-order valence-electron chi connectivity index (χ4n) is 2.57. The number of ether oxygens (including phenoxy) is 1. The normalized spacial score (nSPS) is 11.1. The van der Waals surface area contributed by atoms with Crippen molar-refractivity contribution in [2.24, 2.45) is 5.10 Å². The Bertz CT molecular complexity index is 1000. The number of rotatable bonds is 6. The minimum atomic E-state index is -0.331. The Labute approximate surface area is 174 Å². The minimum Gasteiger partial charge on any atom is -0.438 e. The first-order chi connectivity index (χ1) is 13.9. The predicted octanol–water partition coefficient (Wildman–Crippen LogP) is 4.32. The van der Waals surface area contributed by atoms with Crippen LogP contribution >= 0.6 is 12.2 Å². The quantitative estimate of drug-likeness (QED) is 0.359. The second-order valence-corrected chi connectivity index (χ2v) is 7.01. The van der Waals surface area contributed by atoms with Crippen molar-refractivity contribution in [1.29, 1.82) is 0 Å². The fraction of sp³-hybridized carbons (Fsp3) is 0.190. The SMILES string of the molecule is Cc1nn(-c2ccccc2)c(Oc2ccc(F)cc2)c1/C=N\NC(=S)NC(C)C. The van der Waals surface area contributed by atoms with Crippen molar-refractivity contribution < 1.29 is 9.13 Å². The Morgan fingerprint density at radius 3 is 2.52 bits per heavy atom. The Kier molecular flexibility index (Phi) is 6.56. The second-order valence-electron chi connectivity index (χ2n) is 6.61. The molecule has 2 N–H and O–H groups in total. The standard InChI is InChI=1S/C21H22FN5OS/c1-14(2)24-21(29)25-23-13-19-15(3)26-27(17-7-5-4-6-8-17)20(19)28-18-11-9-16(22)10-12-18/h4-14H,1-3H3,(H2,24,25,29)/b23-13-. The van der Waals surface area contributed by atoms with E-state index in [4.69, 9.17) is 17.0 Å². The molecule has 8 heteroatoms. The molecule has 0 amide bonds. The van der Waals surface area contributed by atoms with Crippen molar-refractivity contribution in [2.75, 3.05) is 0 Å². The van der Waals surface area contributed by atoms with Crippen LogP contribution in [0.1, 0.15) is 25.1 Å². The van der Waals surface area contributed by atoms with E-state index in [2.05, 4.69) is 20.9 Å². The van der Waals surface area contributed by atoms with E-state index < -0.39 is 0 Å². The van der Waals surface area contributed by atoms with Crippen molar-refractivity contribution in [1.82, 2.24) is 20.5 Å². The fourth-order valence-corrected chi connectivity index (χ4v) is 2.86. The van der Waals surface area contributed by atoms with E-state index in [9.17, 15) is 4.39 Å². The summed E-state index contributed by atoms with van der Waals surface area (Å²) >= 11 is 5.19. The predicted molar refractivity (Wildman–Crippen MR) is 116 cm³/mol. The molecule has 0 aliphatic heterocycles. The Morgan fingerprint density at radius 1 is 1.17 bits per heavy atom. The number of aromatic nitrogens is 2. The molecular formula is C21H22FN5OS. The number of para-hydroxylation sites is 1. The first-order valence-corrected chi connectivity index (χ1v) is 9.53. The van der Waals surface area contributed by atoms with E-state index in [1.54, 1.807) is 23.0 Å². The maximum absolute atomic E-state index is 13.3. The van der Waals surface area contributed by atoms with Crippen LogP contribution in [0.4, 0.5) is 4.39 Å². The Morgan fingerprint density at radius 2 is 1.86 bits per heavy atom. The van der Waals surface area contributed by atoms with Gasteiger partial charge in [0.15, 0.2) is 5.11 Å². The van der Waals surface area contributed by atoms with Crippen LogP contribution < -0.4 is 15.5 Å². The van der Waals surface area contributed by atoms with Gasteiger partial charge in [-0.25, -0.2) is 4.39 Å². The van der Waals surface area contributed by atoms with E-state index in [0.717, 1.165) is 11.4 Å². The highest BCUT2D eigenvalue weighted by Gasteiger charge is 2.18. The third-order valence-electron chi connectivity index (χ3n) is 3.87. The van der Waals surface area contributed by atoms with Crippen LogP contribution in [0.25, 0.3) is 5.69 Å². The first kappa shape index (κ1) is 20.5. The van der Waals surface area contributed by atoms with Crippen LogP contribution in [0, 0.1) is 12.7 Å². The van der Waals surface area contributed by atoms with Gasteiger partial charge in [0.1, 0.15) is 11.6 Å². The lowest BCUT2D eigenvalue weighted by molar-refractivity contribution is 0.442. The van der Waals surface area contributed by atoms with E-state index in [1.807, 2.05) is 51.1 Å². The Hall–Kier alpha value is -3.26. The molecule has 29 heavy (non-hydrogen) atoms. The van der Waals surface area contributed by atoms with Gasteiger partial charge in [-0.2, -0.15) is 14.9 Å². The summed E-state index contributed by atoms with van der Waals surface area (Å²) in [6, 6.07) is 15.6. The van der Waals surface area contributed by atoms with Crippen LogP contribution in [0.15, 0.2) is 59.7 Å². The summed E-state index contributed by atoms with van der Waals surface area (Å²) in [5.41, 5.74) is 5.02. The molecular weight excluding hydrogens is 389 g/mol. The monoisotopic (exact) mass is 411 g/mol. The topological polar surface area (TPSA) is 63.5 Å². The van der Waals surface area contributed by atoms with Crippen molar-refractivity contribution in [3.63, 3.8) is 0 Å². The summed E-state index contributed by atoms with van der Waals surface area (Å²) in [6.07, 6.45) is 1.61. The molecule has 0 fully saturated rings. The summed E-state index contributed by atoms with van der Waals surface area (Å²) in [5.74, 6) is 0.624. The maximum Gasteiger partial charge on any atom is 0.231 e. The van der Waals surface area contributed by atoms with Crippen LogP contribution in [0.3, 0.4) is 0 Å². The van der Waals surface area contributed by atoms with E-state index in [-0.39, 0.29) is 11.9 Å². The molecule has 1 heterocycles. The largest absolute Gasteiger partial charge is 0.438 e. The third kappa shape index (κ3) is 5.39. The number of nitrogens with zero attached hydrogens (tertiary/aromatic N) is 3. The molecule has 150 valence electrons. The highest BCUT2D eigenvalue weighted by molar-refractivity contribution is 7.80. The van der Waals surface area contributed by atoms with Gasteiger partial charge in [-0.1, -0.05) is 18.2 Å². The number of thiocarbonyl (C=S) groups is 1. The molecule has 6 nitrogen and oxygen atoms in total. The summed E-state index contributed by atoms with van der Waals surface area (Å²) in [5, 5.41) is 12.3. The van der Waals surface area contributed by atoms with Gasteiger partial charge >= 0.3 is 0 Å². The molecule has 0 saturated carbocycles. The lowest BCUT2D eigenvalue weighted by atomic mass is 10.2. The highest BCUT2D eigenvalue weighted by atomic mass is 32.1. The molecule has 0 atom stereocenters. The van der Waals surface area contributed by atoms with Crippen molar-refractivity contribution in [3.05, 3.63) is 71.7 Å². The molecule has 0 spiro atoms. The number of hydrazone groups is 1. The van der Waals surface area contributed by atoms with Gasteiger partial charge in [-0.15, -0.1) is 0 Å². The summed E-state index contributed by atoms with van der Waals surface area (Å²) < 4.78 is 21.0. The average molecular weight is 412 g/mol. The number of halogens is 1. The van der Waals surface area contributed by atoms with Crippen LogP contribution in [0.2, 0.25) is 0 Å². The average Bonchev–Trinajstić information content (AvgIpc) is 2.99. The molecule has 0 saturated heterocycles. The molecule has 3 aromatic rings. The van der Waals surface area contributed by atoms with Crippen LogP contribution in [0.5, 0.6) is 11.6 Å². The lowest BCUT2D eigenvalue weighted by Gasteiger charge is -2.11. The summed E-state index contributed by atoms with van der Waals surface area (Å²) in [6.45, 7) is 5.84. The zero-order chi connectivity index (χ0) is 20.8. The number of aryl methyl sites for hydroxylation is 1. The van der Waals surface area contributed by atoms with E-state index >= 15 is 0 Å². The highest BCUT2D eigenvalue weighted by Crippen LogP contribution is 2.29. The van der Waals surface area contributed by atoms with E-state index in [1.165, 1.54) is 12.1 Å². The third-order valence-corrected chi connectivity index (χ3v) is 4.08. The molecule has 0 bridgehead atoms.